The van der Waals surface area contributed by atoms with Gasteiger partial charge in [-0.3, -0.25) is 4.90 Å². The molecule has 0 unspecified atom stereocenters. The zero-order valence-corrected chi connectivity index (χ0v) is 14.8. The van der Waals surface area contributed by atoms with Crippen LogP contribution in [0.3, 0.4) is 0 Å². The SMILES string of the molecule is CCC1(CC)CN(Cc2ccc(Cl)s2)C2(CCCC2)CN1. The Morgan fingerprint density at radius 3 is 2.52 bits per heavy atom. The Bertz CT molecular complexity index is 475. The molecular weight excluding hydrogens is 300 g/mol. The van der Waals surface area contributed by atoms with E-state index in [2.05, 4.69) is 30.1 Å². The minimum Gasteiger partial charge on any atom is -0.308 e. The van der Waals surface area contributed by atoms with E-state index in [0.717, 1.165) is 17.4 Å². The molecule has 2 nitrogen and oxygen atoms in total. The minimum absolute atomic E-state index is 0.300. The van der Waals surface area contributed by atoms with Gasteiger partial charge in [0.15, 0.2) is 0 Å². The summed E-state index contributed by atoms with van der Waals surface area (Å²) in [6.07, 6.45) is 7.89. The van der Waals surface area contributed by atoms with Crippen molar-refractivity contribution in [2.45, 2.75) is 70.0 Å². The summed E-state index contributed by atoms with van der Waals surface area (Å²) in [4.78, 5) is 4.19. The van der Waals surface area contributed by atoms with E-state index in [1.807, 2.05) is 6.07 Å². The molecule has 0 radical (unpaired) electrons. The fourth-order valence-electron chi connectivity index (χ4n) is 4.15. The van der Waals surface area contributed by atoms with Gasteiger partial charge in [-0.15, -0.1) is 11.3 Å². The van der Waals surface area contributed by atoms with Crippen molar-refractivity contribution in [3.8, 4) is 0 Å². The molecular formula is C17H27ClN2S. The number of hydrogen-bond acceptors (Lipinski definition) is 3. The molecule has 1 aliphatic carbocycles. The van der Waals surface area contributed by atoms with Crippen molar-refractivity contribution in [2.24, 2.45) is 0 Å². The van der Waals surface area contributed by atoms with Crippen LogP contribution in [0.4, 0.5) is 0 Å². The Morgan fingerprint density at radius 2 is 1.95 bits per heavy atom. The van der Waals surface area contributed by atoms with E-state index in [1.54, 1.807) is 11.3 Å². The van der Waals surface area contributed by atoms with Gasteiger partial charge >= 0.3 is 0 Å². The highest BCUT2D eigenvalue weighted by molar-refractivity contribution is 7.16. The van der Waals surface area contributed by atoms with Crippen LogP contribution in [0.5, 0.6) is 0 Å². The van der Waals surface area contributed by atoms with Crippen molar-refractivity contribution in [3.05, 3.63) is 21.3 Å². The van der Waals surface area contributed by atoms with Crippen molar-refractivity contribution in [1.82, 2.24) is 10.2 Å². The highest BCUT2D eigenvalue weighted by Gasteiger charge is 2.47. The number of piperazine rings is 1. The van der Waals surface area contributed by atoms with E-state index in [-0.39, 0.29) is 0 Å². The molecule has 21 heavy (non-hydrogen) atoms. The summed E-state index contributed by atoms with van der Waals surface area (Å²) in [7, 11) is 0. The minimum atomic E-state index is 0.300. The van der Waals surface area contributed by atoms with Crippen LogP contribution < -0.4 is 5.32 Å². The Hall–Kier alpha value is -0.0900. The van der Waals surface area contributed by atoms with Crippen LogP contribution >= 0.6 is 22.9 Å². The molecule has 4 heteroatoms. The monoisotopic (exact) mass is 326 g/mol. The third-order valence-electron chi connectivity index (χ3n) is 5.82. The zero-order chi connectivity index (χ0) is 14.9. The predicted molar refractivity (Wildman–Crippen MR) is 92.3 cm³/mol. The first-order chi connectivity index (χ1) is 10.1. The molecule has 0 bridgehead atoms. The van der Waals surface area contributed by atoms with E-state index >= 15 is 0 Å². The molecule has 0 amide bonds. The fraction of sp³-hybridized carbons (Fsp3) is 0.765. The average Bonchev–Trinajstić information content (AvgIpc) is 3.12. The van der Waals surface area contributed by atoms with Crippen LogP contribution in [-0.2, 0) is 6.54 Å². The van der Waals surface area contributed by atoms with Gasteiger partial charge in [-0.2, -0.15) is 0 Å². The fourth-order valence-corrected chi connectivity index (χ4v) is 5.25. The van der Waals surface area contributed by atoms with Crippen LogP contribution in [0.2, 0.25) is 4.34 Å². The van der Waals surface area contributed by atoms with Crippen molar-refractivity contribution >= 4 is 22.9 Å². The zero-order valence-electron chi connectivity index (χ0n) is 13.3. The quantitative estimate of drug-likeness (QED) is 0.864. The molecule has 1 aliphatic heterocycles. The van der Waals surface area contributed by atoms with Crippen molar-refractivity contribution in [3.63, 3.8) is 0 Å². The van der Waals surface area contributed by atoms with Crippen LogP contribution in [0, 0.1) is 0 Å². The standard InChI is InChI=1S/C17H27ClN2S/c1-3-16(4-2)13-20(11-14-7-8-15(18)21-14)17(12-19-16)9-5-6-10-17/h7-8,19H,3-6,9-13H2,1-2H3. The first-order valence-corrected chi connectivity index (χ1v) is 9.55. The maximum absolute atomic E-state index is 6.13. The van der Waals surface area contributed by atoms with Gasteiger partial charge in [-0.1, -0.05) is 38.3 Å². The third kappa shape index (κ3) is 3.03. The Balaban J connectivity index is 1.82. The van der Waals surface area contributed by atoms with Crippen LogP contribution in [-0.4, -0.2) is 29.1 Å². The Morgan fingerprint density at radius 1 is 1.24 bits per heavy atom. The summed E-state index contributed by atoms with van der Waals surface area (Å²) in [5.41, 5.74) is 0.694. The maximum atomic E-state index is 6.13. The molecule has 3 rings (SSSR count). The van der Waals surface area contributed by atoms with Crippen LogP contribution in [0.15, 0.2) is 12.1 Å². The van der Waals surface area contributed by atoms with Gasteiger partial charge in [0.2, 0.25) is 0 Å². The molecule has 1 saturated heterocycles. The highest BCUT2D eigenvalue weighted by atomic mass is 35.5. The number of thiophene rings is 1. The van der Waals surface area contributed by atoms with E-state index in [0.29, 0.717) is 11.1 Å². The lowest BCUT2D eigenvalue weighted by Crippen LogP contribution is -2.68. The van der Waals surface area contributed by atoms with Crippen molar-refractivity contribution < 1.29 is 0 Å². The van der Waals surface area contributed by atoms with Gasteiger partial charge in [0.1, 0.15) is 0 Å². The topological polar surface area (TPSA) is 15.3 Å². The summed E-state index contributed by atoms with van der Waals surface area (Å²) in [6.45, 7) is 8.05. The van der Waals surface area contributed by atoms with Crippen molar-refractivity contribution in [2.75, 3.05) is 13.1 Å². The smallest absolute Gasteiger partial charge is 0.0931 e. The molecule has 1 N–H and O–H groups in total. The number of nitrogens with one attached hydrogen (secondary N) is 1. The highest BCUT2D eigenvalue weighted by Crippen LogP contribution is 2.41. The molecule has 1 saturated carbocycles. The second kappa shape index (κ2) is 6.19. The van der Waals surface area contributed by atoms with E-state index in [1.165, 1.54) is 49.9 Å². The van der Waals surface area contributed by atoms with Crippen LogP contribution in [0.25, 0.3) is 0 Å². The molecule has 1 aromatic rings. The molecule has 0 atom stereocenters. The molecule has 2 fully saturated rings. The lowest BCUT2D eigenvalue weighted by Gasteiger charge is -2.53. The predicted octanol–water partition coefficient (Wildman–Crippen LogP) is 4.68. The second-order valence-corrected chi connectivity index (χ2v) is 8.63. The normalized spacial score (nSPS) is 24.7. The molecule has 1 spiro atoms. The number of nitrogens with zero attached hydrogens (tertiary/aromatic N) is 1. The summed E-state index contributed by atoms with van der Waals surface area (Å²) >= 11 is 7.87. The number of hydrogen-bond donors (Lipinski definition) is 1. The Labute approximate surface area is 137 Å². The largest absolute Gasteiger partial charge is 0.308 e. The molecule has 118 valence electrons. The maximum Gasteiger partial charge on any atom is 0.0931 e. The summed E-state index contributed by atoms with van der Waals surface area (Å²) < 4.78 is 0.915. The first-order valence-electron chi connectivity index (χ1n) is 8.36. The first kappa shape index (κ1) is 15.8. The lowest BCUT2D eigenvalue weighted by molar-refractivity contribution is -0.00141. The lowest BCUT2D eigenvalue weighted by atomic mass is 9.82. The number of halogens is 1. The average molecular weight is 327 g/mol. The summed E-state index contributed by atoms with van der Waals surface area (Å²) in [5, 5.41) is 3.92. The summed E-state index contributed by atoms with van der Waals surface area (Å²) in [6, 6.07) is 4.25. The summed E-state index contributed by atoms with van der Waals surface area (Å²) in [5.74, 6) is 0. The van der Waals surface area contributed by atoms with Gasteiger partial charge < -0.3 is 5.32 Å². The van der Waals surface area contributed by atoms with Gasteiger partial charge in [-0.25, -0.2) is 0 Å². The molecule has 0 aromatic carbocycles. The molecule has 2 heterocycles. The van der Waals surface area contributed by atoms with Crippen LogP contribution in [0.1, 0.15) is 57.2 Å². The molecule has 1 aromatic heterocycles. The second-order valence-electron chi connectivity index (χ2n) is 6.83. The van der Waals surface area contributed by atoms with Gasteiger partial charge in [0, 0.05) is 35.6 Å². The van der Waals surface area contributed by atoms with Gasteiger partial charge in [-0.05, 0) is 37.8 Å². The Kier molecular flexibility index (Phi) is 4.66. The van der Waals surface area contributed by atoms with Gasteiger partial charge in [0.25, 0.3) is 0 Å². The van der Waals surface area contributed by atoms with Gasteiger partial charge in [0.05, 0.1) is 4.34 Å². The van der Waals surface area contributed by atoms with E-state index in [4.69, 9.17) is 11.6 Å². The molecule has 2 aliphatic rings. The number of rotatable bonds is 4. The van der Waals surface area contributed by atoms with Crippen molar-refractivity contribution in [1.29, 1.82) is 0 Å². The van der Waals surface area contributed by atoms with E-state index < -0.39 is 0 Å². The van der Waals surface area contributed by atoms with E-state index in [9.17, 15) is 0 Å². The third-order valence-corrected chi connectivity index (χ3v) is 7.04.